The monoisotopic (exact) mass is 238 g/mol. The molecule has 1 aliphatic rings. The lowest BCUT2D eigenvalue weighted by Crippen LogP contribution is -2.62. The maximum Gasteiger partial charge on any atom is 0.328 e. The number of urea groups is 1. The molecule has 0 radical (unpaired) electrons. The molecule has 5 nitrogen and oxygen atoms in total. The van der Waals surface area contributed by atoms with E-state index in [4.69, 9.17) is 0 Å². The van der Waals surface area contributed by atoms with Crippen molar-refractivity contribution in [3.05, 3.63) is 11.6 Å². The van der Waals surface area contributed by atoms with Crippen LogP contribution in [0.5, 0.6) is 0 Å². The molecule has 2 N–H and O–H groups in total. The van der Waals surface area contributed by atoms with Crippen molar-refractivity contribution in [3.63, 3.8) is 0 Å². The molecule has 0 atom stereocenters. The summed E-state index contributed by atoms with van der Waals surface area (Å²) >= 11 is 0. The predicted molar refractivity (Wildman–Crippen MR) is 63.1 cm³/mol. The fraction of sp³-hybridized carbons (Fsp3) is 0.583. The zero-order valence-corrected chi connectivity index (χ0v) is 10.4. The highest BCUT2D eigenvalue weighted by molar-refractivity contribution is 6.21. The fourth-order valence-electron chi connectivity index (χ4n) is 2.26. The van der Waals surface area contributed by atoms with Crippen molar-refractivity contribution in [1.82, 2.24) is 10.6 Å². The van der Waals surface area contributed by atoms with E-state index in [1.807, 2.05) is 19.9 Å². The average Bonchev–Trinajstić information content (AvgIpc) is 2.27. The van der Waals surface area contributed by atoms with Crippen molar-refractivity contribution in [1.29, 1.82) is 0 Å². The minimum Gasteiger partial charge on any atom is -0.277 e. The van der Waals surface area contributed by atoms with Gasteiger partial charge in [0.05, 0.1) is 0 Å². The average molecular weight is 238 g/mol. The van der Waals surface area contributed by atoms with E-state index < -0.39 is 23.3 Å². The molecule has 94 valence electrons. The first-order chi connectivity index (χ1) is 8.02. The molecule has 1 saturated heterocycles. The van der Waals surface area contributed by atoms with Crippen molar-refractivity contribution < 1.29 is 14.4 Å². The lowest BCUT2D eigenvalue weighted by molar-refractivity contribution is -0.142. The maximum atomic E-state index is 12.0. The highest BCUT2D eigenvalue weighted by Crippen LogP contribution is 2.36. The second-order valence-electron chi connectivity index (χ2n) is 3.99. The summed E-state index contributed by atoms with van der Waals surface area (Å²) in [6.07, 6.45) is 3.59. The number of nitrogens with one attached hydrogen (secondary N) is 2. The van der Waals surface area contributed by atoms with Crippen LogP contribution in [0.1, 0.15) is 40.0 Å². The molecule has 0 unspecified atom stereocenters. The number of hydrogen-bond acceptors (Lipinski definition) is 3. The number of rotatable bonds is 4. The molecule has 0 aromatic carbocycles. The molecule has 0 aromatic heterocycles. The summed E-state index contributed by atoms with van der Waals surface area (Å²) in [7, 11) is 0. The van der Waals surface area contributed by atoms with E-state index in [9.17, 15) is 14.4 Å². The van der Waals surface area contributed by atoms with Gasteiger partial charge < -0.3 is 0 Å². The van der Waals surface area contributed by atoms with Crippen LogP contribution >= 0.6 is 0 Å². The topological polar surface area (TPSA) is 75.3 Å². The lowest BCUT2D eigenvalue weighted by Gasteiger charge is -2.35. The highest BCUT2D eigenvalue weighted by atomic mass is 16.2. The number of carbonyl (C=O) groups is 3. The van der Waals surface area contributed by atoms with Crippen molar-refractivity contribution in [2.45, 2.75) is 40.0 Å². The van der Waals surface area contributed by atoms with Crippen molar-refractivity contribution in [3.8, 4) is 0 Å². The standard InChI is InChI=1S/C12H18N2O3/c1-4-7-8(5-2)12(6-3)9(15)13-11(17)14-10(12)16/h7H,4-6H2,1-3H3,(H2,13,14,15,16,17)/b8-7+. The van der Waals surface area contributed by atoms with Gasteiger partial charge in [-0.2, -0.15) is 0 Å². The molecule has 5 heteroatoms. The molecule has 4 amide bonds. The first-order valence-corrected chi connectivity index (χ1v) is 5.89. The number of carbonyl (C=O) groups excluding carboxylic acids is 3. The molecule has 0 saturated carbocycles. The molecule has 0 bridgehead atoms. The molecule has 17 heavy (non-hydrogen) atoms. The number of hydrogen-bond donors (Lipinski definition) is 2. The van der Waals surface area contributed by atoms with Gasteiger partial charge in [-0.3, -0.25) is 20.2 Å². The van der Waals surface area contributed by atoms with Crippen LogP contribution in [-0.2, 0) is 9.59 Å². The van der Waals surface area contributed by atoms with Gasteiger partial charge in [0.2, 0.25) is 11.8 Å². The minimum absolute atomic E-state index is 0.345. The summed E-state index contributed by atoms with van der Waals surface area (Å²) in [5, 5.41) is 4.35. The number of allylic oxidation sites excluding steroid dienone is 1. The molecule has 0 aliphatic carbocycles. The van der Waals surface area contributed by atoms with Gasteiger partial charge in [-0.05, 0) is 24.8 Å². The Morgan fingerprint density at radius 2 is 1.65 bits per heavy atom. The summed E-state index contributed by atoms with van der Waals surface area (Å²) in [6.45, 7) is 5.62. The number of amides is 4. The van der Waals surface area contributed by atoms with Crippen LogP contribution in [0.25, 0.3) is 0 Å². The van der Waals surface area contributed by atoms with Gasteiger partial charge in [-0.25, -0.2) is 4.79 Å². The van der Waals surface area contributed by atoms with Crippen LogP contribution in [-0.4, -0.2) is 17.8 Å². The Morgan fingerprint density at radius 1 is 1.12 bits per heavy atom. The first kappa shape index (κ1) is 13.4. The maximum absolute atomic E-state index is 12.0. The summed E-state index contributed by atoms with van der Waals surface area (Å²) in [6, 6.07) is -0.740. The van der Waals surface area contributed by atoms with Crippen LogP contribution in [0.2, 0.25) is 0 Å². The van der Waals surface area contributed by atoms with E-state index >= 15 is 0 Å². The summed E-state index contributed by atoms with van der Waals surface area (Å²) in [5.74, 6) is -1.04. The zero-order chi connectivity index (χ0) is 13.1. The van der Waals surface area contributed by atoms with Crippen molar-refractivity contribution in [2.75, 3.05) is 0 Å². The van der Waals surface area contributed by atoms with Gasteiger partial charge in [0.15, 0.2) is 0 Å². The van der Waals surface area contributed by atoms with Gasteiger partial charge in [-0.15, -0.1) is 0 Å². The number of imide groups is 2. The fourth-order valence-corrected chi connectivity index (χ4v) is 2.26. The van der Waals surface area contributed by atoms with Gasteiger partial charge in [-0.1, -0.05) is 26.8 Å². The Morgan fingerprint density at radius 3 is 2.00 bits per heavy atom. The second kappa shape index (κ2) is 5.12. The molecule has 1 rings (SSSR count). The second-order valence-corrected chi connectivity index (χ2v) is 3.99. The molecular formula is C12H18N2O3. The van der Waals surface area contributed by atoms with Crippen LogP contribution in [0.4, 0.5) is 4.79 Å². The Labute approximate surface area is 101 Å². The third-order valence-corrected chi connectivity index (χ3v) is 3.14. The van der Waals surface area contributed by atoms with Crippen LogP contribution < -0.4 is 10.6 Å². The Kier molecular flexibility index (Phi) is 4.04. The molecule has 0 spiro atoms. The third kappa shape index (κ3) is 2.09. The van der Waals surface area contributed by atoms with E-state index in [0.29, 0.717) is 12.8 Å². The van der Waals surface area contributed by atoms with Gasteiger partial charge >= 0.3 is 6.03 Å². The molecule has 0 aromatic rings. The summed E-state index contributed by atoms with van der Waals surface area (Å²) < 4.78 is 0. The van der Waals surface area contributed by atoms with Crippen molar-refractivity contribution in [2.24, 2.45) is 5.41 Å². The van der Waals surface area contributed by atoms with Crippen LogP contribution in [0, 0.1) is 5.41 Å². The minimum atomic E-state index is -1.22. The Hall–Kier alpha value is -1.65. The Bertz CT molecular complexity index is 365. The molecule has 1 fully saturated rings. The van der Waals surface area contributed by atoms with E-state index in [2.05, 4.69) is 10.6 Å². The van der Waals surface area contributed by atoms with Crippen molar-refractivity contribution >= 4 is 17.8 Å². The third-order valence-electron chi connectivity index (χ3n) is 3.14. The Balaban J connectivity index is 3.26. The zero-order valence-electron chi connectivity index (χ0n) is 10.4. The quantitative estimate of drug-likeness (QED) is 0.575. The molecule has 1 aliphatic heterocycles. The normalized spacial score (nSPS) is 19.9. The van der Waals surface area contributed by atoms with E-state index in [1.54, 1.807) is 6.92 Å². The summed E-state index contributed by atoms with van der Waals surface area (Å²) in [5.41, 5.74) is -0.455. The lowest BCUT2D eigenvalue weighted by atomic mass is 9.73. The highest BCUT2D eigenvalue weighted by Gasteiger charge is 2.50. The largest absolute Gasteiger partial charge is 0.328 e. The smallest absolute Gasteiger partial charge is 0.277 e. The van der Waals surface area contributed by atoms with Gasteiger partial charge in [0.1, 0.15) is 5.41 Å². The van der Waals surface area contributed by atoms with E-state index in [0.717, 1.165) is 12.0 Å². The predicted octanol–water partition coefficient (Wildman–Crippen LogP) is 1.50. The molecular weight excluding hydrogens is 220 g/mol. The van der Waals surface area contributed by atoms with E-state index in [-0.39, 0.29) is 0 Å². The van der Waals surface area contributed by atoms with Crippen LogP contribution in [0.15, 0.2) is 11.6 Å². The van der Waals surface area contributed by atoms with E-state index in [1.165, 1.54) is 0 Å². The van der Waals surface area contributed by atoms with Gasteiger partial charge in [0.25, 0.3) is 0 Å². The summed E-state index contributed by atoms with van der Waals surface area (Å²) in [4.78, 5) is 35.1. The SMILES string of the molecule is CC/C=C(\CC)C1(CC)C(=O)NC(=O)NC1=O. The first-order valence-electron chi connectivity index (χ1n) is 5.89. The van der Waals surface area contributed by atoms with Gasteiger partial charge in [0, 0.05) is 0 Å². The molecule has 1 heterocycles. The number of barbiturate groups is 1. The van der Waals surface area contributed by atoms with Crippen LogP contribution in [0.3, 0.4) is 0 Å².